The first-order valence-corrected chi connectivity index (χ1v) is 6.39. The fourth-order valence-electron chi connectivity index (χ4n) is 1.75. The molecule has 0 saturated carbocycles. The summed E-state index contributed by atoms with van der Waals surface area (Å²) >= 11 is 3.29. The summed E-state index contributed by atoms with van der Waals surface area (Å²) in [6.07, 6.45) is -4.32. The lowest BCUT2D eigenvalue weighted by molar-refractivity contribution is -0.153. The standard InChI is InChI=1S/C13H10BrF3O/c14-7-11-10-4-2-1-3-9(10)5-6-12(11)18-8-13(15,16)17/h1-6H,7-8H2. The van der Waals surface area contributed by atoms with Crippen LogP contribution in [-0.4, -0.2) is 12.8 Å². The third-order valence-electron chi connectivity index (χ3n) is 2.52. The first-order valence-electron chi connectivity index (χ1n) is 5.27. The van der Waals surface area contributed by atoms with Gasteiger partial charge >= 0.3 is 6.18 Å². The molecule has 0 saturated heterocycles. The van der Waals surface area contributed by atoms with Gasteiger partial charge in [-0.1, -0.05) is 46.3 Å². The lowest BCUT2D eigenvalue weighted by Gasteiger charge is -2.14. The molecular weight excluding hydrogens is 309 g/mol. The second-order valence-electron chi connectivity index (χ2n) is 3.80. The smallest absolute Gasteiger partial charge is 0.422 e. The van der Waals surface area contributed by atoms with Gasteiger partial charge in [-0.05, 0) is 16.8 Å². The molecule has 5 heteroatoms. The first kappa shape index (κ1) is 13.2. The van der Waals surface area contributed by atoms with Crippen molar-refractivity contribution in [3.63, 3.8) is 0 Å². The number of hydrogen-bond acceptors (Lipinski definition) is 1. The van der Waals surface area contributed by atoms with Crippen molar-refractivity contribution in [2.24, 2.45) is 0 Å². The van der Waals surface area contributed by atoms with Crippen LogP contribution in [0.15, 0.2) is 36.4 Å². The van der Waals surface area contributed by atoms with E-state index in [1.165, 1.54) is 0 Å². The molecule has 2 rings (SSSR count). The average molecular weight is 319 g/mol. The molecule has 0 aliphatic carbocycles. The summed E-state index contributed by atoms with van der Waals surface area (Å²) in [4.78, 5) is 0. The molecule has 0 aliphatic rings. The van der Waals surface area contributed by atoms with Gasteiger partial charge in [-0.15, -0.1) is 0 Å². The van der Waals surface area contributed by atoms with Crippen molar-refractivity contribution >= 4 is 26.7 Å². The Bertz CT molecular complexity index is 551. The minimum absolute atomic E-state index is 0.267. The van der Waals surface area contributed by atoms with Gasteiger partial charge in [-0.2, -0.15) is 13.2 Å². The van der Waals surface area contributed by atoms with E-state index in [1.807, 2.05) is 24.3 Å². The maximum absolute atomic E-state index is 12.2. The number of hydrogen-bond donors (Lipinski definition) is 0. The van der Waals surface area contributed by atoms with E-state index in [0.29, 0.717) is 5.33 Å². The highest BCUT2D eigenvalue weighted by molar-refractivity contribution is 9.08. The normalized spacial score (nSPS) is 11.8. The molecular formula is C13H10BrF3O. The maximum atomic E-state index is 12.2. The van der Waals surface area contributed by atoms with Crippen LogP contribution in [0.25, 0.3) is 10.8 Å². The molecule has 0 heterocycles. The van der Waals surface area contributed by atoms with Gasteiger partial charge in [0.25, 0.3) is 0 Å². The SMILES string of the molecule is FC(F)(F)COc1ccc2ccccc2c1CBr. The lowest BCUT2D eigenvalue weighted by atomic mass is 10.0. The van der Waals surface area contributed by atoms with Crippen molar-refractivity contribution in [2.75, 3.05) is 6.61 Å². The largest absolute Gasteiger partial charge is 0.484 e. The fraction of sp³-hybridized carbons (Fsp3) is 0.231. The number of fused-ring (bicyclic) bond motifs is 1. The molecule has 0 bridgehead atoms. The summed E-state index contributed by atoms with van der Waals surface area (Å²) in [5.41, 5.74) is 0.734. The summed E-state index contributed by atoms with van der Waals surface area (Å²) in [5, 5.41) is 2.32. The minimum Gasteiger partial charge on any atom is -0.484 e. The van der Waals surface area contributed by atoms with Crippen LogP contribution in [0.2, 0.25) is 0 Å². The van der Waals surface area contributed by atoms with E-state index in [-0.39, 0.29) is 5.75 Å². The zero-order chi connectivity index (χ0) is 13.2. The highest BCUT2D eigenvalue weighted by atomic mass is 79.9. The van der Waals surface area contributed by atoms with E-state index >= 15 is 0 Å². The average Bonchev–Trinajstić information content (AvgIpc) is 2.34. The van der Waals surface area contributed by atoms with Crippen LogP contribution in [0.3, 0.4) is 0 Å². The molecule has 18 heavy (non-hydrogen) atoms. The van der Waals surface area contributed by atoms with Crippen molar-refractivity contribution in [3.8, 4) is 5.75 Å². The predicted octanol–water partition coefficient (Wildman–Crippen LogP) is 4.68. The van der Waals surface area contributed by atoms with Crippen molar-refractivity contribution in [1.29, 1.82) is 0 Å². The van der Waals surface area contributed by atoms with Crippen LogP contribution in [-0.2, 0) is 5.33 Å². The van der Waals surface area contributed by atoms with Crippen molar-refractivity contribution in [3.05, 3.63) is 42.0 Å². The van der Waals surface area contributed by atoms with E-state index < -0.39 is 12.8 Å². The lowest BCUT2D eigenvalue weighted by Crippen LogP contribution is -2.19. The fourth-order valence-corrected chi connectivity index (χ4v) is 2.33. The Hall–Kier alpha value is -1.23. The number of rotatable bonds is 3. The topological polar surface area (TPSA) is 9.23 Å². The molecule has 0 radical (unpaired) electrons. The summed E-state index contributed by atoms with van der Waals surface area (Å²) < 4.78 is 41.3. The molecule has 0 spiro atoms. The quantitative estimate of drug-likeness (QED) is 0.747. The van der Waals surface area contributed by atoms with Gasteiger partial charge in [-0.3, -0.25) is 0 Å². The summed E-state index contributed by atoms with van der Waals surface area (Å²) in [6, 6.07) is 10.8. The summed E-state index contributed by atoms with van der Waals surface area (Å²) in [6.45, 7) is -1.27. The second-order valence-corrected chi connectivity index (χ2v) is 4.36. The Morgan fingerprint density at radius 1 is 1.06 bits per heavy atom. The van der Waals surface area contributed by atoms with Crippen LogP contribution in [0.1, 0.15) is 5.56 Å². The molecule has 0 aliphatic heterocycles. The Kier molecular flexibility index (Phi) is 3.80. The predicted molar refractivity (Wildman–Crippen MR) is 68.1 cm³/mol. The van der Waals surface area contributed by atoms with E-state index in [9.17, 15) is 13.2 Å². The van der Waals surface area contributed by atoms with E-state index in [2.05, 4.69) is 15.9 Å². The molecule has 2 aromatic rings. The van der Waals surface area contributed by atoms with Gasteiger partial charge in [0.2, 0.25) is 0 Å². The van der Waals surface area contributed by atoms with Crippen molar-refractivity contribution < 1.29 is 17.9 Å². The van der Waals surface area contributed by atoms with Gasteiger partial charge in [0.05, 0.1) is 0 Å². The number of benzene rings is 2. The summed E-state index contributed by atoms with van der Waals surface area (Å²) in [7, 11) is 0. The van der Waals surface area contributed by atoms with Gasteiger partial charge < -0.3 is 4.74 Å². The Morgan fingerprint density at radius 2 is 1.78 bits per heavy atom. The third-order valence-corrected chi connectivity index (χ3v) is 3.08. The van der Waals surface area contributed by atoms with E-state index in [1.54, 1.807) is 12.1 Å². The Labute approximate surface area is 111 Å². The molecule has 0 atom stereocenters. The zero-order valence-electron chi connectivity index (χ0n) is 9.30. The van der Waals surface area contributed by atoms with Crippen molar-refractivity contribution in [1.82, 2.24) is 0 Å². The van der Waals surface area contributed by atoms with Gasteiger partial charge in [0, 0.05) is 10.9 Å². The van der Waals surface area contributed by atoms with Crippen LogP contribution >= 0.6 is 15.9 Å². The Morgan fingerprint density at radius 3 is 2.44 bits per heavy atom. The van der Waals surface area contributed by atoms with Gasteiger partial charge in [0.15, 0.2) is 6.61 Å². The minimum atomic E-state index is -4.32. The van der Waals surface area contributed by atoms with Crippen LogP contribution in [0.5, 0.6) is 5.75 Å². The molecule has 2 aromatic carbocycles. The zero-order valence-corrected chi connectivity index (χ0v) is 10.9. The monoisotopic (exact) mass is 318 g/mol. The van der Waals surface area contributed by atoms with Crippen LogP contribution in [0.4, 0.5) is 13.2 Å². The number of ether oxygens (including phenoxy) is 1. The molecule has 1 nitrogen and oxygen atoms in total. The summed E-state index contributed by atoms with van der Waals surface area (Å²) in [5.74, 6) is 0.267. The molecule has 0 N–H and O–H groups in total. The van der Waals surface area contributed by atoms with Crippen LogP contribution in [0, 0.1) is 0 Å². The molecule has 0 aromatic heterocycles. The molecule has 0 fully saturated rings. The van der Waals surface area contributed by atoms with Gasteiger partial charge in [0.1, 0.15) is 5.75 Å². The molecule has 0 unspecified atom stereocenters. The van der Waals surface area contributed by atoms with Gasteiger partial charge in [-0.25, -0.2) is 0 Å². The molecule has 96 valence electrons. The highest BCUT2D eigenvalue weighted by Gasteiger charge is 2.28. The number of halogens is 4. The van der Waals surface area contributed by atoms with E-state index in [0.717, 1.165) is 16.3 Å². The second kappa shape index (κ2) is 5.18. The first-order chi connectivity index (χ1) is 8.51. The van der Waals surface area contributed by atoms with Crippen molar-refractivity contribution in [2.45, 2.75) is 11.5 Å². The van der Waals surface area contributed by atoms with E-state index in [4.69, 9.17) is 4.74 Å². The maximum Gasteiger partial charge on any atom is 0.422 e. The number of alkyl halides is 4. The third kappa shape index (κ3) is 2.96. The van der Waals surface area contributed by atoms with Crippen LogP contribution < -0.4 is 4.74 Å². The highest BCUT2D eigenvalue weighted by Crippen LogP contribution is 2.31. The molecule has 0 amide bonds. The Balaban J connectivity index is 2.39.